The van der Waals surface area contributed by atoms with Gasteiger partial charge < -0.3 is 9.84 Å². The van der Waals surface area contributed by atoms with E-state index < -0.39 is 5.82 Å². The standard InChI is InChI=1S/C16H11FO3/c1-9-13(18)7-6-11-15(19)14(20-16(9)11)8-10-4-2-3-5-12(10)17/h2-8,18H,1H3. The highest BCUT2D eigenvalue weighted by molar-refractivity contribution is 6.14. The van der Waals surface area contributed by atoms with Crippen LogP contribution in [0, 0.1) is 12.7 Å². The van der Waals surface area contributed by atoms with Crippen molar-refractivity contribution in [3.05, 3.63) is 64.7 Å². The minimum absolute atomic E-state index is 0.0544. The quantitative estimate of drug-likeness (QED) is 0.807. The number of phenols is 1. The predicted octanol–water partition coefficient (Wildman–Crippen LogP) is 3.46. The number of fused-ring (bicyclic) bond motifs is 1. The van der Waals surface area contributed by atoms with Crippen molar-refractivity contribution in [2.75, 3.05) is 0 Å². The lowest BCUT2D eigenvalue weighted by Crippen LogP contribution is -1.98. The topological polar surface area (TPSA) is 46.5 Å². The summed E-state index contributed by atoms with van der Waals surface area (Å²) in [5, 5.41) is 9.62. The van der Waals surface area contributed by atoms with Gasteiger partial charge in [0.25, 0.3) is 0 Å². The van der Waals surface area contributed by atoms with Gasteiger partial charge >= 0.3 is 0 Å². The lowest BCUT2D eigenvalue weighted by molar-refractivity contribution is 0.101. The number of ketones is 1. The molecule has 20 heavy (non-hydrogen) atoms. The number of ether oxygens (including phenoxy) is 1. The summed E-state index contributed by atoms with van der Waals surface area (Å²) >= 11 is 0. The normalized spacial score (nSPS) is 15.3. The summed E-state index contributed by atoms with van der Waals surface area (Å²) < 4.78 is 19.1. The van der Waals surface area contributed by atoms with Crippen molar-refractivity contribution < 1.29 is 19.0 Å². The van der Waals surface area contributed by atoms with Crippen LogP contribution in [0.1, 0.15) is 21.5 Å². The number of carbonyl (C=O) groups excluding carboxylic acids is 1. The Morgan fingerprint density at radius 1 is 1.20 bits per heavy atom. The number of rotatable bonds is 1. The maximum Gasteiger partial charge on any atom is 0.231 e. The van der Waals surface area contributed by atoms with Crippen molar-refractivity contribution in [2.24, 2.45) is 0 Å². The van der Waals surface area contributed by atoms with Crippen LogP contribution < -0.4 is 4.74 Å². The van der Waals surface area contributed by atoms with E-state index in [4.69, 9.17) is 4.74 Å². The first-order valence-electron chi connectivity index (χ1n) is 6.09. The summed E-state index contributed by atoms with van der Waals surface area (Å²) in [6, 6.07) is 9.08. The molecule has 0 amide bonds. The molecule has 0 aromatic heterocycles. The fourth-order valence-electron chi connectivity index (χ4n) is 2.11. The SMILES string of the molecule is Cc1c(O)ccc2c1OC(=Cc1ccccc1F)C2=O. The van der Waals surface area contributed by atoms with E-state index >= 15 is 0 Å². The molecule has 2 aromatic rings. The molecule has 0 saturated carbocycles. The predicted molar refractivity (Wildman–Crippen MR) is 72.2 cm³/mol. The van der Waals surface area contributed by atoms with Crippen LogP contribution in [0.5, 0.6) is 11.5 Å². The number of Topliss-reactive ketones (excluding diaryl/α,β-unsaturated/α-hetero) is 1. The second-order valence-corrected chi connectivity index (χ2v) is 4.55. The zero-order valence-corrected chi connectivity index (χ0v) is 10.7. The average molecular weight is 270 g/mol. The van der Waals surface area contributed by atoms with Crippen LogP contribution >= 0.6 is 0 Å². The van der Waals surface area contributed by atoms with Gasteiger partial charge in [-0.15, -0.1) is 0 Å². The van der Waals surface area contributed by atoms with Gasteiger partial charge in [0.15, 0.2) is 5.76 Å². The molecule has 1 N–H and O–H groups in total. The first kappa shape index (κ1) is 12.4. The van der Waals surface area contributed by atoms with Gasteiger partial charge in [0.05, 0.1) is 5.56 Å². The van der Waals surface area contributed by atoms with Gasteiger partial charge in [-0.05, 0) is 31.2 Å². The average Bonchev–Trinajstić information content (AvgIpc) is 2.75. The number of hydrogen-bond donors (Lipinski definition) is 1. The largest absolute Gasteiger partial charge is 0.508 e. The van der Waals surface area contributed by atoms with Gasteiger partial charge in [0.2, 0.25) is 5.78 Å². The number of halogens is 1. The molecule has 1 heterocycles. The third kappa shape index (κ3) is 1.86. The fourth-order valence-corrected chi connectivity index (χ4v) is 2.11. The first-order chi connectivity index (χ1) is 9.58. The van der Waals surface area contributed by atoms with Gasteiger partial charge in [-0.25, -0.2) is 4.39 Å². The number of allylic oxidation sites excluding steroid dienone is 1. The van der Waals surface area contributed by atoms with E-state index in [1.165, 1.54) is 24.3 Å². The Labute approximate surface area is 114 Å². The van der Waals surface area contributed by atoms with Crippen LogP contribution in [0.2, 0.25) is 0 Å². The molecule has 0 spiro atoms. The van der Waals surface area contributed by atoms with E-state index in [0.29, 0.717) is 16.9 Å². The van der Waals surface area contributed by atoms with E-state index in [1.54, 1.807) is 25.1 Å². The van der Waals surface area contributed by atoms with Gasteiger partial charge in [-0.1, -0.05) is 18.2 Å². The Morgan fingerprint density at radius 2 is 1.95 bits per heavy atom. The van der Waals surface area contributed by atoms with E-state index in [1.807, 2.05) is 0 Å². The highest BCUT2D eigenvalue weighted by Crippen LogP contribution is 2.38. The van der Waals surface area contributed by atoms with Crippen LogP contribution in [0.4, 0.5) is 4.39 Å². The maximum atomic E-state index is 13.6. The third-order valence-electron chi connectivity index (χ3n) is 3.25. The van der Waals surface area contributed by atoms with Crippen LogP contribution in [0.3, 0.4) is 0 Å². The maximum absolute atomic E-state index is 13.6. The zero-order valence-electron chi connectivity index (χ0n) is 10.7. The van der Waals surface area contributed by atoms with Crippen molar-refractivity contribution in [3.63, 3.8) is 0 Å². The van der Waals surface area contributed by atoms with Crippen LogP contribution in [0.15, 0.2) is 42.2 Å². The van der Waals surface area contributed by atoms with Crippen LogP contribution in [-0.4, -0.2) is 10.9 Å². The summed E-state index contributed by atoms with van der Waals surface area (Å²) in [7, 11) is 0. The molecule has 0 aliphatic carbocycles. The summed E-state index contributed by atoms with van der Waals surface area (Å²) in [6.45, 7) is 1.66. The summed E-state index contributed by atoms with van der Waals surface area (Å²) in [5.74, 6) is -0.293. The first-order valence-corrected chi connectivity index (χ1v) is 6.09. The summed E-state index contributed by atoms with van der Waals surface area (Å²) in [6.07, 6.45) is 1.37. The lowest BCUT2D eigenvalue weighted by atomic mass is 10.1. The molecule has 3 nitrogen and oxygen atoms in total. The fraction of sp³-hybridized carbons (Fsp3) is 0.0625. The van der Waals surface area contributed by atoms with Gasteiger partial charge in [-0.2, -0.15) is 0 Å². The second kappa shape index (κ2) is 4.49. The summed E-state index contributed by atoms with van der Waals surface area (Å²) in [5.41, 5.74) is 1.15. The Kier molecular flexibility index (Phi) is 2.79. The highest BCUT2D eigenvalue weighted by atomic mass is 19.1. The van der Waals surface area contributed by atoms with Crippen molar-refractivity contribution in [1.29, 1.82) is 0 Å². The number of carbonyl (C=O) groups is 1. The Bertz CT molecular complexity index is 747. The van der Waals surface area contributed by atoms with E-state index in [9.17, 15) is 14.3 Å². The molecule has 1 aliphatic rings. The molecule has 0 unspecified atom stereocenters. The number of aromatic hydroxyl groups is 1. The summed E-state index contributed by atoms with van der Waals surface area (Å²) in [4.78, 5) is 12.2. The Morgan fingerprint density at radius 3 is 2.70 bits per heavy atom. The number of hydrogen-bond acceptors (Lipinski definition) is 3. The molecule has 0 saturated heterocycles. The molecule has 3 rings (SSSR count). The lowest BCUT2D eigenvalue weighted by Gasteiger charge is -2.04. The van der Waals surface area contributed by atoms with Gasteiger partial charge in [0, 0.05) is 11.1 Å². The third-order valence-corrected chi connectivity index (χ3v) is 3.25. The second-order valence-electron chi connectivity index (χ2n) is 4.55. The van der Waals surface area contributed by atoms with Crippen molar-refractivity contribution in [1.82, 2.24) is 0 Å². The minimum Gasteiger partial charge on any atom is -0.508 e. The molecule has 2 aromatic carbocycles. The van der Waals surface area contributed by atoms with E-state index in [2.05, 4.69) is 0 Å². The van der Waals surface area contributed by atoms with Crippen LogP contribution in [-0.2, 0) is 0 Å². The zero-order chi connectivity index (χ0) is 14.3. The number of benzene rings is 2. The van der Waals surface area contributed by atoms with E-state index in [0.717, 1.165) is 0 Å². The highest BCUT2D eigenvalue weighted by Gasteiger charge is 2.29. The molecular formula is C16H11FO3. The van der Waals surface area contributed by atoms with E-state index in [-0.39, 0.29) is 22.9 Å². The Balaban J connectivity index is 2.07. The van der Waals surface area contributed by atoms with Crippen molar-refractivity contribution >= 4 is 11.9 Å². The van der Waals surface area contributed by atoms with Gasteiger partial charge in [0.1, 0.15) is 17.3 Å². The number of phenolic OH excluding ortho intramolecular Hbond substituents is 1. The molecule has 100 valence electrons. The molecular weight excluding hydrogens is 259 g/mol. The molecule has 0 atom stereocenters. The smallest absolute Gasteiger partial charge is 0.231 e. The molecule has 0 fully saturated rings. The van der Waals surface area contributed by atoms with Crippen molar-refractivity contribution in [3.8, 4) is 11.5 Å². The molecule has 4 heteroatoms. The molecule has 0 radical (unpaired) electrons. The molecule has 1 aliphatic heterocycles. The van der Waals surface area contributed by atoms with Crippen molar-refractivity contribution in [2.45, 2.75) is 6.92 Å². The molecule has 0 bridgehead atoms. The Hall–Kier alpha value is -2.62. The van der Waals surface area contributed by atoms with Gasteiger partial charge in [-0.3, -0.25) is 4.79 Å². The van der Waals surface area contributed by atoms with Crippen LogP contribution in [0.25, 0.3) is 6.08 Å². The minimum atomic E-state index is -0.424. The monoisotopic (exact) mass is 270 g/mol.